The van der Waals surface area contributed by atoms with Crippen LogP contribution in [0.5, 0.6) is 0 Å². The number of hydrogen-bond acceptors (Lipinski definition) is 4. The fraction of sp³-hybridized carbons (Fsp3) is 0.333. The molecule has 0 aromatic heterocycles. The number of benzene rings is 2. The third-order valence-electron chi connectivity index (χ3n) is 4.98. The molecule has 1 atom stereocenters. The Bertz CT molecular complexity index is 854. The summed E-state index contributed by atoms with van der Waals surface area (Å²) in [5.74, 6) is -1.80. The lowest BCUT2D eigenvalue weighted by Crippen LogP contribution is -2.49. The van der Waals surface area contributed by atoms with Crippen LogP contribution in [0.15, 0.2) is 48.5 Å². The molecule has 2 aromatic rings. The van der Waals surface area contributed by atoms with E-state index in [0.29, 0.717) is 10.7 Å². The molecule has 29 heavy (non-hydrogen) atoms. The lowest BCUT2D eigenvalue weighted by molar-refractivity contribution is -0.136. The van der Waals surface area contributed by atoms with Crippen molar-refractivity contribution < 1.29 is 14.0 Å². The van der Waals surface area contributed by atoms with Crippen molar-refractivity contribution in [2.45, 2.75) is 6.04 Å². The van der Waals surface area contributed by atoms with E-state index >= 15 is 0 Å². The number of likely N-dealkylation sites (N-methyl/N-ethyl adjacent to an activating group) is 1. The summed E-state index contributed by atoms with van der Waals surface area (Å²) in [7, 11) is 2.06. The summed E-state index contributed by atoms with van der Waals surface area (Å²) in [4.78, 5) is 29.0. The van der Waals surface area contributed by atoms with E-state index in [2.05, 4.69) is 27.5 Å². The minimum Gasteiger partial charge on any atom is -0.346 e. The highest BCUT2D eigenvalue weighted by Crippen LogP contribution is 2.22. The number of nitrogens with one attached hydrogen (secondary N) is 2. The van der Waals surface area contributed by atoms with Crippen LogP contribution in [0.2, 0.25) is 5.02 Å². The maximum atomic E-state index is 13.3. The molecule has 0 saturated carbocycles. The summed E-state index contributed by atoms with van der Waals surface area (Å²) in [5.41, 5.74) is 1.35. The summed E-state index contributed by atoms with van der Waals surface area (Å²) in [6.07, 6.45) is 0. The molecule has 6 nitrogen and oxygen atoms in total. The van der Waals surface area contributed by atoms with Crippen LogP contribution in [-0.4, -0.2) is 61.4 Å². The van der Waals surface area contributed by atoms with Crippen LogP contribution in [0, 0.1) is 5.82 Å². The first-order valence-electron chi connectivity index (χ1n) is 9.45. The maximum Gasteiger partial charge on any atom is 0.313 e. The molecule has 8 heteroatoms. The highest BCUT2D eigenvalue weighted by atomic mass is 35.5. The zero-order valence-electron chi connectivity index (χ0n) is 16.2. The van der Waals surface area contributed by atoms with Crippen molar-refractivity contribution in [3.05, 3.63) is 64.9 Å². The van der Waals surface area contributed by atoms with E-state index in [1.807, 2.05) is 0 Å². The molecule has 1 fully saturated rings. The average Bonchev–Trinajstić information content (AvgIpc) is 2.70. The predicted molar refractivity (Wildman–Crippen MR) is 111 cm³/mol. The zero-order chi connectivity index (χ0) is 20.8. The Kier molecular flexibility index (Phi) is 7.19. The van der Waals surface area contributed by atoms with Gasteiger partial charge in [-0.2, -0.15) is 0 Å². The first-order valence-corrected chi connectivity index (χ1v) is 9.83. The molecular weight excluding hydrogens is 395 g/mol. The second-order valence-electron chi connectivity index (χ2n) is 7.08. The molecule has 1 aliphatic rings. The van der Waals surface area contributed by atoms with Gasteiger partial charge in [0.25, 0.3) is 0 Å². The van der Waals surface area contributed by atoms with E-state index in [-0.39, 0.29) is 18.4 Å². The Morgan fingerprint density at radius 3 is 2.41 bits per heavy atom. The smallest absolute Gasteiger partial charge is 0.313 e. The Hall–Kier alpha value is -2.48. The number of halogens is 2. The second kappa shape index (κ2) is 9.82. The third kappa shape index (κ3) is 6.00. The van der Waals surface area contributed by atoms with Gasteiger partial charge in [0, 0.05) is 43.4 Å². The number of rotatable bonds is 5. The van der Waals surface area contributed by atoms with Gasteiger partial charge in [-0.15, -0.1) is 0 Å². The van der Waals surface area contributed by atoms with E-state index < -0.39 is 11.8 Å². The molecular formula is C21H24ClFN4O2. The molecule has 0 aliphatic carbocycles. The highest BCUT2D eigenvalue weighted by Gasteiger charge is 2.25. The largest absolute Gasteiger partial charge is 0.346 e. The lowest BCUT2D eigenvalue weighted by atomic mass is 10.0. The van der Waals surface area contributed by atoms with Gasteiger partial charge in [0.2, 0.25) is 0 Å². The van der Waals surface area contributed by atoms with Crippen LogP contribution in [0.1, 0.15) is 11.6 Å². The minimum atomic E-state index is -0.761. The van der Waals surface area contributed by atoms with Crippen molar-refractivity contribution in [1.29, 1.82) is 0 Å². The van der Waals surface area contributed by atoms with Gasteiger partial charge in [-0.3, -0.25) is 14.5 Å². The highest BCUT2D eigenvalue weighted by molar-refractivity contribution is 6.39. The van der Waals surface area contributed by atoms with E-state index in [9.17, 15) is 14.0 Å². The van der Waals surface area contributed by atoms with Crippen LogP contribution in [-0.2, 0) is 9.59 Å². The van der Waals surface area contributed by atoms with Crippen LogP contribution in [0.3, 0.4) is 0 Å². The van der Waals surface area contributed by atoms with Crippen LogP contribution < -0.4 is 10.6 Å². The molecule has 1 heterocycles. The molecule has 2 aromatic carbocycles. The van der Waals surface area contributed by atoms with Gasteiger partial charge < -0.3 is 15.5 Å². The molecule has 1 saturated heterocycles. The molecule has 0 unspecified atom stereocenters. The van der Waals surface area contributed by atoms with Gasteiger partial charge in [-0.1, -0.05) is 29.8 Å². The monoisotopic (exact) mass is 418 g/mol. The number of carbonyl (C=O) groups is 2. The molecule has 0 bridgehead atoms. The van der Waals surface area contributed by atoms with Gasteiger partial charge in [0.15, 0.2) is 0 Å². The van der Waals surface area contributed by atoms with Crippen molar-refractivity contribution in [3.8, 4) is 0 Å². The fourth-order valence-electron chi connectivity index (χ4n) is 3.30. The van der Waals surface area contributed by atoms with Gasteiger partial charge in [-0.05, 0) is 42.9 Å². The second-order valence-corrected chi connectivity index (χ2v) is 7.52. The molecule has 1 aliphatic heterocycles. The number of hydrogen-bond donors (Lipinski definition) is 2. The quantitative estimate of drug-likeness (QED) is 0.732. The average molecular weight is 419 g/mol. The first-order chi connectivity index (χ1) is 13.9. The van der Waals surface area contributed by atoms with Crippen molar-refractivity contribution in [1.82, 2.24) is 15.1 Å². The number of amides is 2. The molecule has 2 N–H and O–H groups in total. The standard InChI is InChI=1S/C21H24ClFN4O2/c1-26-9-11-27(12-10-26)19(15-5-7-17(23)8-6-15)14-24-20(28)21(29)25-18-4-2-3-16(22)13-18/h2-8,13,19H,9-12,14H2,1H3,(H,24,28)(H,25,29)/t19-/m1/s1. The summed E-state index contributed by atoms with van der Waals surface area (Å²) in [6.45, 7) is 3.70. The topological polar surface area (TPSA) is 64.7 Å². The number of anilines is 1. The summed E-state index contributed by atoms with van der Waals surface area (Å²) in [5, 5.41) is 5.71. The van der Waals surface area contributed by atoms with Crippen molar-refractivity contribution >= 4 is 29.1 Å². The molecule has 0 spiro atoms. The van der Waals surface area contributed by atoms with Crippen molar-refractivity contribution in [2.75, 3.05) is 45.1 Å². The first kappa shape index (κ1) is 21.2. The molecule has 3 rings (SSSR count). The van der Waals surface area contributed by atoms with Crippen LogP contribution in [0.4, 0.5) is 10.1 Å². The third-order valence-corrected chi connectivity index (χ3v) is 5.21. The van der Waals surface area contributed by atoms with Gasteiger partial charge in [0.1, 0.15) is 5.82 Å². The molecule has 154 valence electrons. The van der Waals surface area contributed by atoms with Gasteiger partial charge >= 0.3 is 11.8 Å². The van der Waals surface area contributed by atoms with E-state index in [4.69, 9.17) is 11.6 Å². The number of piperazine rings is 1. The number of nitrogens with zero attached hydrogens (tertiary/aromatic N) is 2. The van der Waals surface area contributed by atoms with Crippen LogP contribution >= 0.6 is 11.6 Å². The van der Waals surface area contributed by atoms with E-state index in [1.54, 1.807) is 36.4 Å². The SMILES string of the molecule is CN1CCN([C@H](CNC(=O)C(=O)Nc2cccc(Cl)c2)c2ccc(F)cc2)CC1. The van der Waals surface area contributed by atoms with E-state index in [1.165, 1.54) is 12.1 Å². The normalized spacial score (nSPS) is 16.2. The molecule has 0 radical (unpaired) electrons. The minimum absolute atomic E-state index is 0.146. The Balaban J connectivity index is 1.64. The molecule has 2 amide bonds. The lowest BCUT2D eigenvalue weighted by Gasteiger charge is -2.38. The number of carbonyl (C=O) groups excluding carboxylic acids is 2. The zero-order valence-corrected chi connectivity index (χ0v) is 17.0. The predicted octanol–water partition coefficient (Wildman–Crippen LogP) is 2.52. The summed E-state index contributed by atoms with van der Waals surface area (Å²) >= 11 is 5.90. The van der Waals surface area contributed by atoms with Crippen LogP contribution in [0.25, 0.3) is 0 Å². The van der Waals surface area contributed by atoms with E-state index in [0.717, 1.165) is 31.7 Å². The van der Waals surface area contributed by atoms with Crippen molar-refractivity contribution in [2.24, 2.45) is 0 Å². The summed E-state index contributed by atoms with van der Waals surface area (Å²) < 4.78 is 13.3. The Labute approximate surface area is 174 Å². The maximum absolute atomic E-state index is 13.3. The fourth-order valence-corrected chi connectivity index (χ4v) is 3.49. The van der Waals surface area contributed by atoms with Gasteiger partial charge in [0.05, 0.1) is 6.04 Å². The van der Waals surface area contributed by atoms with Crippen molar-refractivity contribution in [3.63, 3.8) is 0 Å². The summed E-state index contributed by atoms with van der Waals surface area (Å²) in [6, 6.07) is 12.7. The Morgan fingerprint density at radius 2 is 1.76 bits per heavy atom. The Morgan fingerprint density at radius 1 is 1.07 bits per heavy atom. The van der Waals surface area contributed by atoms with Gasteiger partial charge in [-0.25, -0.2) is 4.39 Å².